The fourth-order valence-corrected chi connectivity index (χ4v) is 1.44. The van der Waals surface area contributed by atoms with Gasteiger partial charge in [-0.05, 0) is 31.5 Å². The summed E-state index contributed by atoms with van der Waals surface area (Å²) in [6.07, 6.45) is 0. The molecule has 0 atom stereocenters. The Kier molecular flexibility index (Phi) is 8.57. The van der Waals surface area contributed by atoms with Crippen LogP contribution in [0.3, 0.4) is 0 Å². The molecular formula is C14H23FIN3O2. The monoisotopic (exact) mass is 411 g/mol. The Labute approximate surface area is 142 Å². The van der Waals surface area contributed by atoms with Crippen LogP contribution in [0.2, 0.25) is 0 Å². The van der Waals surface area contributed by atoms with Crippen LogP contribution in [-0.2, 0) is 11.3 Å². The molecule has 0 spiro atoms. The van der Waals surface area contributed by atoms with Gasteiger partial charge in [0, 0.05) is 27.2 Å². The fourth-order valence-electron chi connectivity index (χ4n) is 1.44. The number of ether oxygens (including phenoxy) is 1. The number of nitrogens with zero attached hydrogens (tertiary/aromatic N) is 1. The number of phenolic OH excluding ortho intramolecular Hbond substituents is 1. The van der Waals surface area contributed by atoms with Gasteiger partial charge in [0.2, 0.25) is 0 Å². The maximum Gasteiger partial charge on any atom is 0.191 e. The molecule has 21 heavy (non-hydrogen) atoms. The molecule has 0 aliphatic carbocycles. The molecule has 7 heteroatoms. The third kappa shape index (κ3) is 6.94. The summed E-state index contributed by atoms with van der Waals surface area (Å²) in [5.74, 6) is -0.380. The van der Waals surface area contributed by atoms with Gasteiger partial charge >= 0.3 is 0 Å². The molecule has 0 aromatic heterocycles. The molecular weight excluding hydrogens is 388 g/mol. The maximum absolute atomic E-state index is 13.2. The van der Waals surface area contributed by atoms with Gasteiger partial charge in [0.1, 0.15) is 0 Å². The molecule has 0 unspecified atom stereocenters. The first-order valence-electron chi connectivity index (χ1n) is 6.35. The average Bonchev–Trinajstić information content (AvgIpc) is 2.42. The molecule has 3 N–H and O–H groups in total. The van der Waals surface area contributed by atoms with Gasteiger partial charge in [-0.15, -0.1) is 24.0 Å². The van der Waals surface area contributed by atoms with Crippen LogP contribution < -0.4 is 10.6 Å². The number of hydrogen-bond donors (Lipinski definition) is 3. The van der Waals surface area contributed by atoms with Crippen molar-refractivity contribution in [3.63, 3.8) is 0 Å². The van der Waals surface area contributed by atoms with E-state index >= 15 is 0 Å². The fraction of sp³-hybridized carbons (Fsp3) is 0.500. The molecule has 0 radical (unpaired) electrons. The van der Waals surface area contributed by atoms with E-state index in [0.29, 0.717) is 24.6 Å². The molecule has 120 valence electrons. The minimum Gasteiger partial charge on any atom is -0.505 e. The lowest BCUT2D eigenvalue weighted by molar-refractivity contribution is 0.0268. The van der Waals surface area contributed by atoms with Gasteiger partial charge in [-0.1, -0.05) is 6.07 Å². The molecule has 0 bridgehead atoms. The van der Waals surface area contributed by atoms with Crippen LogP contribution in [0.5, 0.6) is 5.75 Å². The van der Waals surface area contributed by atoms with Crippen molar-refractivity contribution in [2.45, 2.75) is 26.0 Å². The molecule has 0 aliphatic rings. The number of aliphatic imine (C=N–C) groups is 1. The van der Waals surface area contributed by atoms with Gasteiger partial charge in [0.15, 0.2) is 17.5 Å². The number of phenols is 1. The lowest BCUT2D eigenvalue weighted by Gasteiger charge is -2.24. The average molecular weight is 411 g/mol. The van der Waals surface area contributed by atoms with Crippen molar-refractivity contribution in [3.05, 3.63) is 29.6 Å². The van der Waals surface area contributed by atoms with E-state index < -0.39 is 5.82 Å². The molecule has 0 aliphatic heterocycles. The second-order valence-electron chi connectivity index (χ2n) is 5.03. The molecule has 0 amide bonds. The first kappa shape index (κ1) is 19.9. The Morgan fingerprint density at radius 3 is 2.57 bits per heavy atom. The van der Waals surface area contributed by atoms with Crippen LogP contribution in [0.15, 0.2) is 23.2 Å². The van der Waals surface area contributed by atoms with E-state index in [1.165, 1.54) is 12.1 Å². The number of benzene rings is 1. The van der Waals surface area contributed by atoms with Crippen molar-refractivity contribution in [3.8, 4) is 5.75 Å². The molecule has 1 rings (SSSR count). The molecule has 0 heterocycles. The zero-order valence-electron chi connectivity index (χ0n) is 12.7. The van der Waals surface area contributed by atoms with Crippen LogP contribution in [0, 0.1) is 5.82 Å². The second-order valence-corrected chi connectivity index (χ2v) is 5.03. The van der Waals surface area contributed by atoms with Crippen LogP contribution in [0.4, 0.5) is 4.39 Å². The summed E-state index contributed by atoms with van der Waals surface area (Å²) in [5.41, 5.74) is 0.414. The van der Waals surface area contributed by atoms with Gasteiger partial charge in [-0.3, -0.25) is 4.99 Å². The Bertz CT molecular complexity index is 481. The molecule has 0 saturated carbocycles. The summed E-state index contributed by atoms with van der Waals surface area (Å²) >= 11 is 0. The first-order chi connectivity index (χ1) is 9.38. The summed E-state index contributed by atoms with van der Waals surface area (Å²) in [5, 5.41) is 15.3. The summed E-state index contributed by atoms with van der Waals surface area (Å²) in [6.45, 7) is 4.92. The van der Waals surface area contributed by atoms with Crippen LogP contribution in [-0.4, -0.2) is 37.4 Å². The summed E-state index contributed by atoms with van der Waals surface area (Å²) < 4.78 is 18.5. The number of guanidine groups is 1. The molecule has 0 fully saturated rings. The number of aromatic hydroxyl groups is 1. The normalized spacial score (nSPS) is 11.8. The van der Waals surface area contributed by atoms with Gasteiger partial charge in [-0.25, -0.2) is 4.39 Å². The number of hydrogen-bond acceptors (Lipinski definition) is 3. The predicted octanol–water partition coefficient (Wildman–Crippen LogP) is 2.24. The highest BCUT2D eigenvalue weighted by Crippen LogP contribution is 2.15. The largest absolute Gasteiger partial charge is 0.505 e. The molecule has 1 aromatic rings. The second kappa shape index (κ2) is 9.04. The van der Waals surface area contributed by atoms with E-state index in [0.717, 1.165) is 0 Å². The van der Waals surface area contributed by atoms with Crippen LogP contribution in [0.1, 0.15) is 19.4 Å². The van der Waals surface area contributed by atoms with Crippen molar-refractivity contribution in [1.29, 1.82) is 0 Å². The Morgan fingerprint density at radius 2 is 2.05 bits per heavy atom. The smallest absolute Gasteiger partial charge is 0.191 e. The number of rotatable bonds is 5. The third-order valence-electron chi connectivity index (χ3n) is 2.93. The zero-order valence-corrected chi connectivity index (χ0v) is 15.1. The van der Waals surface area contributed by atoms with Crippen molar-refractivity contribution in [2.24, 2.45) is 4.99 Å². The highest BCUT2D eigenvalue weighted by molar-refractivity contribution is 14.0. The molecule has 0 saturated heterocycles. The van der Waals surface area contributed by atoms with Gasteiger partial charge in [0.25, 0.3) is 0 Å². The van der Waals surface area contributed by atoms with E-state index in [1.807, 2.05) is 13.8 Å². The Morgan fingerprint density at radius 1 is 1.38 bits per heavy atom. The Balaban J connectivity index is 0.00000400. The van der Waals surface area contributed by atoms with Crippen molar-refractivity contribution in [1.82, 2.24) is 10.6 Å². The lowest BCUT2D eigenvalue weighted by atomic mass is 10.1. The number of methoxy groups -OCH3 is 1. The molecule has 1 aromatic carbocycles. The maximum atomic E-state index is 13.2. The zero-order chi connectivity index (χ0) is 15.2. The SMILES string of the molecule is CN=C(NCc1ccc(O)c(F)c1)NCC(C)(C)OC.I. The number of halogens is 2. The predicted molar refractivity (Wildman–Crippen MR) is 92.8 cm³/mol. The highest BCUT2D eigenvalue weighted by Gasteiger charge is 2.16. The topological polar surface area (TPSA) is 65.9 Å². The minimum absolute atomic E-state index is 0. The van der Waals surface area contributed by atoms with Gasteiger partial charge < -0.3 is 20.5 Å². The van der Waals surface area contributed by atoms with Crippen molar-refractivity contribution >= 4 is 29.9 Å². The summed E-state index contributed by atoms with van der Waals surface area (Å²) in [6, 6.07) is 4.27. The van der Waals surface area contributed by atoms with Crippen molar-refractivity contribution in [2.75, 3.05) is 20.7 Å². The number of nitrogens with one attached hydrogen (secondary N) is 2. The third-order valence-corrected chi connectivity index (χ3v) is 2.93. The first-order valence-corrected chi connectivity index (χ1v) is 6.35. The standard InChI is InChI=1S/C14H22FN3O2.HI/c1-14(2,20-4)9-18-13(16-3)17-8-10-5-6-12(19)11(15)7-10;/h5-7,19H,8-9H2,1-4H3,(H2,16,17,18);1H. The Hall–Kier alpha value is -1.09. The van der Waals surface area contributed by atoms with E-state index in [1.54, 1.807) is 20.2 Å². The summed E-state index contributed by atoms with van der Waals surface area (Å²) in [7, 11) is 3.31. The van der Waals surface area contributed by atoms with E-state index in [-0.39, 0.29) is 35.3 Å². The van der Waals surface area contributed by atoms with Gasteiger partial charge in [0.05, 0.1) is 5.60 Å². The van der Waals surface area contributed by atoms with Crippen LogP contribution in [0.25, 0.3) is 0 Å². The molecule has 5 nitrogen and oxygen atoms in total. The summed E-state index contributed by atoms with van der Waals surface area (Å²) in [4.78, 5) is 4.08. The van der Waals surface area contributed by atoms with E-state index in [2.05, 4.69) is 15.6 Å². The quantitative estimate of drug-likeness (QED) is 0.395. The van der Waals surface area contributed by atoms with Crippen LogP contribution >= 0.6 is 24.0 Å². The van der Waals surface area contributed by atoms with E-state index in [9.17, 15) is 4.39 Å². The minimum atomic E-state index is -0.632. The van der Waals surface area contributed by atoms with Gasteiger partial charge in [-0.2, -0.15) is 0 Å². The highest BCUT2D eigenvalue weighted by atomic mass is 127. The van der Waals surface area contributed by atoms with E-state index in [4.69, 9.17) is 9.84 Å². The lowest BCUT2D eigenvalue weighted by Crippen LogP contribution is -2.45. The van der Waals surface area contributed by atoms with Crippen molar-refractivity contribution < 1.29 is 14.2 Å².